The number of carbonyl (C=O) groups excluding carboxylic acids is 1. The van der Waals surface area contributed by atoms with Crippen LogP contribution in [-0.2, 0) is 17.6 Å². The fourth-order valence-corrected chi connectivity index (χ4v) is 2.17. The first-order valence-corrected chi connectivity index (χ1v) is 6.41. The number of halogens is 2. The molecule has 1 nitrogen and oxygen atoms in total. The van der Waals surface area contributed by atoms with E-state index in [9.17, 15) is 4.79 Å². The topological polar surface area (TPSA) is 17.1 Å². The number of ketones is 1. The van der Waals surface area contributed by atoms with Gasteiger partial charge >= 0.3 is 0 Å². The van der Waals surface area contributed by atoms with Gasteiger partial charge in [0.2, 0.25) is 0 Å². The summed E-state index contributed by atoms with van der Waals surface area (Å²) in [5, 5.41) is 0.960. The van der Waals surface area contributed by atoms with Crippen LogP contribution in [0.4, 0.5) is 0 Å². The molecule has 3 heteroatoms. The molecule has 0 heterocycles. The Kier molecular flexibility index (Phi) is 4.40. The molecule has 2 aromatic carbocycles. The summed E-state index contributed by atoms with van der Waals surface area (Å²) >= 11 is 12.0. The van der Waals surface area contributed by atoms with Gasteiger partial charge in [-0.1, -0.05) is 65.7 Å². The number of benzene rings is 2. The highest BCUT2D eigenvalue weighted by Gasteiger charge is 2.09. The third-order valence-corrected chi connectivity index (χ3v) is 3.52. The van der Waals surface area contributed by atoms with E-state index < -0.39 is 0 Å². The molecule has 0 aliphatic heterocycles. The van der Waals surface area contributed by atoms with Gasteiger partial charge in [-0.25, -0.2) is 0 Å². The zero-order valence-electron chi connectivity index (χ0n) is 9.70. The molecule has 0 saturated carbocycles. The number of hydrogen-bond donors (Lipinski definition) is 0. The van der Waals surface area contributed by atoms with Gasteiger partial charge in [0, 0.05) is 12.8 Å². The lowest BCUT2D eigenvalue weighted by Gasteiger charge is -2.05. The van der Waals surface area contributed by atoms with E-state index in [1.54, 1.807) is 12.1 Å². The standard InChI is InChI=1S/C15H12Cl2O/c16-14-8-4-7-12(15(14)17)10-13(18)9-11-5-2-1-3-6-11/h1-8H,9-10H2. The van der Waals surface area contributed by atoms with E-state index in [0.717, 1.165) is 11.1 Å². The van der Waals surface area contributed by atoms with Gasteiger partial charge in [-0.2, -0.15) is 0 Å². The maximum atomic E-state index is 11.9. The monoisotopic (exact) mass is 278 g/mol. The summed E-state index contributed by atoms with van der Waals surface area (Å²) in [6.45, 7) is 0. The van der Waals surface area contributed by atoms with Gasteiger partial charge in [0.1, 0.15) is 5.78 Å². The number of rotatable bonds is 4. The van der Waals surface area contributed by atoms with Crippen molar-refractivity contribution in [2.45, 2.75) is 12.8 Å². The van der Waals surface area contributed by atoms with E-state index in [4.69, 9.17) is 23.2 Å². The van der Waals surface area contributed by atoms with Gasteiger partial charge in [0.25, 0.3) is 0 Å². The SMILES string of the molecule is O=C(Cc1ccccc1)Cc1cccc(Cl)c1Cl. The largest absolute Gasteiger partial charge is 0.299 e. The van der Waals surface area contributed by atoms with Crippen molar-refractivity contribution in [2.24, 2.45) is 0 Å². The fraction of sp³-hybridized carbons (Fsp3) is 0.133. The van der Waals surface area contributed by atoms with Gasteiger partial charge in [-0.3, -0.25) is 4.79 Å². The summed E-state index contributed by atoms with van der Waals surface area (Å²) < 4.78 is 0. The first kappa shape index (κ1) is 13.1. The molecule has 0 aliphatic carbocycles. The highest BCUT2D eigenvalue weighted by molar-refractivity contribution is 6.42. The molecule has 0 N–H and O–H groups in total. The van der Waals surface area contributed by atoms with Crippen LogP contribution in [0.15, 0.2) is 48.5 Å². The van der Waals surface area contributed by atoms with E-state index in [-0.39, 0.29) is 5.78 Å². The molecule has 0 amide bonds. The molecule has 0 aliphatic rings. The third kappa shape index (κ3) is 3.34. The first-order chi connectivity index (χ1) is 8.66. The Labute approximate surface area is 116 Å². The fourth-order valence-electron chi connectivity index (χ4n) is 1.78. The summed E-state index contributed by atoms with van der Waals surface area (Å²) in [6, 6.07) is 15.0. The van der Waals surface area contributed by atoms with Crippen LogP contribution in [0.2, 0.25) is 10.0 Å². The lowest BCUT2D eigenvalue weighted by Crippen LogP contribution is -2.06. The molecule has 0 aromatic heterocycles. The van der Waals surface area contributed by atoms with E-state index in [0.29, 0.717) is 22.9 Å². The van der Waals surface area contributed by atoms with Crippen LogP contribution in [0.1, 0.15) is 11.1 Å². The highest BCUT2D eigenvalue weighted by atomic mass is 35.5. The van der Waals surface area contributed by atoms with Crippen LogP contribution in [0.5, 0.6) is 0 Å². The van der Waals surface area contributed by atoms with Crippen LogP contribution in [0.25, 0.3) is 0 Å². The van der Waals surface area contributed by atoms with Crippen molar-refractivity contribution in [1.82, 2.24) is 0 Å². The Bertz CT molecular complexity index is 550. The van der Waals surface area contributed by atoms with Crippen LogP contribution < -0.4 is 0 Å². The van der Waals surface area contributed by atoms with E-state index in [1.165, 1.54) is 0 Å². The van der Waals surface area contributed by atoms with E-state index >= 15 is 0 Å². The average Bonchev–Trinajstić information content (AvgIpc) is 2.36. The second-order valence-corrected chi connectivity index (χ2v) is 4.88. The van der Waals surface area contributed by atoms with Crippen molar-refractivity contribution in [3.05, 3.63) is 69.7 Å². The van der Waals surface area contributed by atoms with Gasteiger partial charge in [-0.15, -0.1) is 0 Å². The van der Waals surface area contributed by atoms with Crippen LogP contribution >= 0.6 is 23.2 Å². The van der Waals surface area contributed by atoms with Crippen molar-refractivity contribution >= 4 is 29.0 Å². The van der Waals surface area contributed by atoms with Crippen molar-refractivity contribution < 1.29 is 4.79 Å². The Morgan fingerprint density at radius 3 is 2.33 bits per heavy atom. The summed E-state index contributed by atoms with van der Waals surface area (Å²) in [5.74, 6) is 0.130. The number of hydrogen-bond acceptors (Lipinski definition) is 1. The molecule has 0 radical (unpaired) electrons. The van der Waals surface area contributed by atoms with Gasteiger partial charge < -0.3 is 0 Å². The van der Waals surface area contributed by atoms with Crippen molar-refractivity contribution in [2.75, 3.05) is 0 Å². The Hall–Kier alpha value is -1.31. The second kappa shape index (κ2) is 6.03. The van der Waals surface area contributed by atoms with Crippen molar-refractivity contribution in [3.8, 4) is 0 Å². The summed E-state index contributed by atoms with van der Waals surface area (Å²) in [7, 11) is 0. The quantitative estimate of drug-likeness (QED) is 0.813. The Morgan fingerprint density at radius 1 is 0.889 bits per heavy atom. The average molecular weight is 279 g/mol. The van der Waals surface area contributed by atoms with Crippen LogP contribution in [-0.4, -0.2) is 5.78 Å². The molecular formula is C15H12Cl2O. The summed E-state index contributed by atoms with van der Waals surface area (Å²) in [6.07, 6.45) is 0.734. The smallest absolute Gasteiger partial charge is 0.141 e. The lowest BCUT2D eigenvalue weighted by atomic mass is 10.0. The zero-order valence-corrected chi connectivity index (χ0v) is 11.2. The van der Waals surface area contributed by atoms with Crippen LogP contribution in [0, 0.1) is 0 Å². The maximum absolute atomic E-state index is 11.9. The minimum atomic E-state index is 0.130. The molecule has 0 fully saturated rings. The molecule has 0 atom stereocenters. The highest BCUT2D eigenvalue weighted by Crippen LogP contribution is 2.26. The predicted octanol–water partition coefficient (Wildman–Crippen LogP) is 4.35. The first-order valence-electron chi connectivity index (χ1n) is 5.65. The zero-order chi connectivity index (χ0) is 13.0. The summed E-state index contributed by atoms with van der Waals surface area (Å²) in [5.41, 5.74) is 1.80. The Balaban J connectivity index is 2.06. The van der Waals surface area contributed by atoms with E-state index in [1.807, 2.05) is 36.4 Å². The second-order valence-electron chi connectivity index (χ2n) is 4.09. The molecular weight excluding hydrogens is 267 g/mol. The minimum Gasteiger partial charge on any atom is -0.299 e. The minimum absolute atomic E-state index is 0.130. The van der Waals surface area contributed by atoms with Crippen molar-refractivity contribution in [1.29, 1.82) is 0 Å². The lowest BCUT2D eigenvalue weighted by molar-refractivity contribution is -0.117. The predicted molar refractivity (Wildman–Crippen MR) is 75.3 cm³/mol. The molecule has 18 heavy (non-hydrogen) atoms. The molecule has 2 rings (SSSR count). The molecule has 2 aromatic rings. The molecule has 0 saturated heterocycles. The van der Waals surface area contributed by atoms with Crippen LogP contribution in [0.3, 0.4) is 0 Å². The molecule has 92 valence electrons. The molecule has 0 bridgehead atoms. The van der Waals surface area contributed by atoms with Crippen molar-refractivity contribution in [3.63, 3.8) is 0 Å². The molecule has 0 spiro atoms. The number of Topliss-reactive ketones (excluding diaryl/α,β-unsaturated/α-hetero) is 1. The third-order valence-electron chi connectivity index (χ3n) is 2.66. The number of carbonyl (C=O) groups is 1. The summed E-state index contributed by atoms with van der Waals surface area (Å²) in [4.78, 5) is 11.9. The van der Waals surface area contributed by atoms with Gasteiger partial charge in [0.05, 0.1) is 10.0 Å². The van der Waals surface area contributed by atoms with Gasteiger partial charge in [-0.05, 0) is 17.2 Å². The Morgan fingerprint density at radius 2 is 1.61 bits per heavy atom. The van der Waals surface area contributed by atoms with E-state index in [2.05, 4.69) is 0 Å². The maximum Gasteiger partial charge on any atom is 0.141 e. The molecule has 0 unspecified atom stereocenters. The van der Waals surface area contributed by atoms with Gasteiger partial charge in [0.15, 0.2) is 0 Å². The normalized spacial score (nSPS) is 10.3.